The molecule has 448 valence electrons. The summed E-state index contributed by atoms with van der Waals surface area (Å²) in [5.41, 5.74) is 0.970. The van der Waals surface area contributed by atoms with Gasteiger partial charge in [-0.2, -0.15) is 4.98 Å². The van der Waals surface area contributed by atoms with Gasteiger partial charge in [-0.15, -0.1) is 0 Å². The van der Waals surface area contributed by atoms with Crippen LogP contribution in [0.1, 0.15) is 296 Å². The molecule has 2 heterocycles. The minimum atomic E-state index is -1.48. The predicted octanol–water partition coefficient (Wildman–Crippen LogP) is 16.2. The Hall–Kier alpha value is -4.62. The normalized spacial score (nSPS) is 12.7. The summed E-state index contributed by atoms with van der Waals surface area (Å²) in [6, 6.07) is 3.70. The number of unbranched alkanes of at least 4 members (excludes halogenated alkanes) is 32. The monoisotopic (exact) mass is 1100 g/mol. The number of nitrogens with zero attached hydrogens (tertiary/aromatic N) is 3. The van der Waals surface area contributed by atoms with E-state index in [9.17, 15) is 28.8 Å². The standard InChI is InChI=1S/C65H108N4O10/c1-7-11-15-19-23-27-31-35-39-43-57(70)76-50-56(78-59(72)45-41-37-33-29-25-21-17-13-9-3)62(79-60(73)46-42-38-34-30-26-22-18-14-10-4)55(77-58(71)44-40-36-32-28-24-20-16-12-8-2)49-69-54-48-52(6)51(5)47-53(54)66-61-63(69)67-65(75)68-64(61)74/h47-48,55-56,62H,7-46,49-50H2,1-6H3,(H,68,74,75)/t55-,56+,62-/m1/s1. The summed E-state index contributed by atoms with van der Waals surface area (Å²) in [4.78, 5) is 94.0. The molecule has 2 aliphatic heterocycles. The van der Waals surface area contributed by atoms with E-state index in [-0.39, 0.29) is 43.7 Å². The van der Waals surface area contributed by atoms with E-state index in [1.54, 1.807) is 4.57 Å². The molecule has 0 saturated carbocycles. The second kappa shape index (κ2) is 43.2. The van der Waals surface area contributed by atoms with E-state index < -0.39 is 60.0 Å². The summed E-state index contributed by atoms with van der Waals surface area (Å²) in [5, 5.41) is 0. The molecule has 1 N–H and O–H groups in total. The minimum absolute atomic E-state index is 0.0597. The van der Waals surface area contributed by atoms with Gasteiger partial charge >= 0.3 is 29.6 Å². The second-order valence-electron chi connectivity index (χ2n) is 22.7. The number of aryl methyl sites for hydroxylation is 2. The number of hydrogen-bond acceptors (Lipinski definition) is 12. The number of benzene rings is 1. The largest absolute Gasteiger partial charge is 0.462 e. The Bertz CT molecular complexity index is 2220. The first kappa shape index (κ1) is 68.7. The molecule has 0 spiro atoms. The van der Waals surface area contributed by atoms with Gasteiger partial charge in [0.05, 0.1) is 17.6 Å². The molecule has 1 aromatic rings. The number of esters is 4. The summed E-state index contributed by atoms with van der Waals surface area (Å²) in [5.74, 6) is -2.22. The van der Waals surface area contributed by atoms with Crippen LogP contribution in [-0.4, -0.2) is 68.3 Å². The molecule has 79 heavy (non-hydrogen) atoms. The van der Waals surface area contributed by atoms with Gasteiger partial charge in [0, 0.05) is 25.7 Å². The van der Waals surface area contributed by atoms with Crippen LogP contribution in [-0.2, 0) is 44.7 Å². The molecule has 0 fully saturated rings. The van der Waals surface area contributed by atoms with Crippen LogP contribution < -0.4 is 11.2 Å². The Morgan fingerprint density at radius 2 is 0.810 bits per heavy atom. The van der Waals surface area contributed by atoms with Crippen LogP contribution in [0.15, 0.2) is 21.7 Å². The lowest BCUT2D eigenvalue weighted by molar-refractivity contribution is -0.193. The van der Waals surface area contributed by atoms with Crippen molar-refractivity contribution >= 4 is 34.9 Å². The number of rotatable bonds is 49. The molecule has 14 nitrogen and oxygen atoms in total. The average Bonchev–Trinajstić information content (AvgIpc) is 3.42. The summed E-state index contributed by atoms with van der Waals surface area (Å²) in [6.45, 7) is 12.0. The van der Waals surface area contributed by atoms with Crippen LogP contribution in [0.3, 0.4) is 0 Å². The molecule has 0 amide bonds. The average molecular weight is 1110 g/mol. The van der Waals surface area contributed by atoms with Gasteiger partial charge in [0.1, 0.15) is 6.61 Å². The van der Waals surface area contributed by atoms with Gasteiger partial charge in [-0.25, -0.2) is 9.78 Å². The van der Waals surface area contributed by atoms with E-state index >= 15 is 0 Å². The van der Waals surface area contributed by atoms with Crippen molar-refractivity contribution < 1.29 is 38.1 Å². The number of fused-ring (bicyclic) bond motifs is 2. The van der Waals surface area contributed by atoms with Crippen LogP contribution >= 0.6 is 0 Å². The van der Waals surface area contributed by atoms with Crippen molar-refractivity contribution in [1.82, 2.24) is 19.5 Å². The highest BCUT2D eigenvalue weighted by Crippen LogP contribution is 2.28. The van der Waals surface area contributed by atoms with E-state index in [4.69, 9.17) is 18.9 Å². The lowest BCUT2D eigenvalue weighted by atomic mass is 10.0. The molecular weight excluding hydrogens is 997 g/mol. The zero-order chi connectivity index (χ0) is 57.3. The highest BCUT2D eigenvalue weighted by molar-refractivity contribution is 5.81. The maximum Gasteiger partial charge on any atom is 0.349 e. The molecule has 3 rings (SSSR count). The zero-order valence-corrected chi connectivity index (χ0v) is 50.5. The van der Waals surface area contributed by atoms with Crippen molar-refractivity contribution in [3.05, 3.63) is 44.1 Å². The minimum Gasteiger partial charge on any atom is -0.462 e. The van der Waals surface area contributed by atoms with E-state index in [0.29, 0.717) is 36.7 Å². The number of H-pyrrole nitrogens is 1. The van der Waals surface area contributed by atoms with E-state index in [1.165, 1.54) is 109 Å². The lowest BCUT2D eigenvalue weighted by Crippen LogP contribution is -2.50. The summed E-state index contributed by atoms with van der Waals surface area (Å²) in [7, 11) is 0. The quantitative estimate of drug-likeness (QED) is 0.0244. The summed E-state index contributed by atoms with van der Waals surface area (Å²) >= 11 is 0. The van der Waals surface area contributed by atoms with Gasteiger partial charge in [0.15, 0.2) is 29.8 Å². The number of aromatic nitrogens is 4. The molecule has 3 atom stereocenters. The third-order valence-electron chi connectivity index (χ3n) is 15.5. The molecule has 0 aromatic heterocycles. The Labute approximate surface area is 476 Å². The Morgan fingerprint density at radius 3 is 1.23 bits per heavy atom. The van der Waals surface area contributed by atoms with Crippen LogP contribution in [0.4, 0.5) is 0 Å². The van der Waals surface area contributed by atoms with Gasteiger partial charge in [-0.05, 0) is 62.8 Å². The Kier molecular flexibility index (Phi) is 37.5. The van der Waals surface area contributed by atoms with Crippen LogP contribution in [0.5, 0.6) is 0 Å². The van der Waals surface area contributed by atoms with Gasteiger partial charge < -0.3 is 23.5 Å². The first-order chi connectivity index (χ1) is 38.4. The van der Waals surface area contributed by atoms with Crippen molar-refractivity contribution in [3.8, 4) is 11.5 Å². The zero-order valence-electron chi connectivity index (χ0n) is 50.5. The maximum absolute atomic E-state index is 14.3. The number of carbonyl (C=O) groups excluding carboxylic acids is 4. The van der Waals surface area contributed by atoms with Gasteiger partial charge in [0.25, 0.3) is 5.56 Å². The number of ether oxygens (including phenoxy) is 4. The van der Waals surface area contributed by atoms with Gasteiger partial charge in [-0.1, -0.05) is 233 Å². The molecule has 2 aliphatic rings. The lowest BCUT2D eigenvalue weighted by Gasteiger charge is -2.33. The highest BCUT2D eigenvalue weighted by atomic mass is 16.6. The van der Waals surface area contributed by atoms with E-state index in [1.807, 2.05) is 26.0 Å². The fraction of sp³-hybridized carbons (Fsp3) is 0.785. The van der Waals surface area contributed by atoms with E-state index in [2.05, 4.69) is 42.6 Å². The second-order valence-corrected chi connectivity index (χ2v) is 22.7. The maximum atomic E-state index is 14.3. The molecule has 0 radical (unpaired) electrons. The molecule has 0 bridgehead atoms. The third kappa shape index (κ3) is 29.6. The van der Waals surface area contributed by atoms with Gasteiger partial charge in [-0.3, -0.25) is 29.0 Å². The smallest absolute Gasteiger partial charge is 0.349 e. The van der Waals surface area contributed by atoms with Crippen molar-refractivity contribution in [2.45, 2.75) is 323 Å². The molecule has 14 heteroatoms. The van der Waals surface area contributed by atoms with Crippen molar-refractivity contribution in [1.29, 1.82) is 0 Å². The fourth-order valence-corrected chi connectivity index (χ4v) is 10.4. The molecule has 1 aromatic carbocycles. The summed E-state index contributed by atoms with van der Waals surface area (Å²) in [6.07, 6.45) is 34.3. The SMILES string of the molecule is CCCCCCCCCCCC(=O)OC[C@H](OC(=O)CCCCCCCCCCC)[C@H](OC(=O)CCCCCCCCCCC)[C@@H](Cn1c2nc(=O)[nH]c(=O)c-2nc2cc(C)c(C)cc21)OC(=O)CCCCCCCCCCC. The Morgan fingerprint density at radius 1 is 0.456 bits per heavy atom. The van der Waals surface area contributed by atoms with Crippen LogP contribution in [0, 0.1) is 13.8 Å². The van der Waals surface area contributed by atoms with Gasteiger partial charge in [0.2, 0.25) is 0 Å². The first-order valence-electron chi connectivity index (χ1n) is 32.1. The number of carbonyl (C=O) groups is 4. The first-order valence-corrected chi connectivity index (χ1v) is 32.1. The highest BCUT2D eigenvalue weighted by Gasteiger charge is 2.40. The van der Waals surface area contributed by atoms with Crippen LogP contribution in [0.25, 0.3) is 22.6 Å². The molecule has 0 unspecified atom stereocenters. The van der Waals surface area contributed by atoms with Crippen molar-refractivity contribution in [2.24, 2.45) is 0 Å². The molecular formula is C65H108N4O10. The fourth-order valence-electron chi connectivity index (χ4n) is 10.4. The summed E-state index contributed by atoms with van der Waals surface area (Å²) < 4.78 is 26.8. The van der Waals surface area contributed by atoms with E-state index in [0.717, 1.165) is 107 Å². The molecule has 0 saturated heterocycles. The van der Waals surface area contributed by atoms with Crippen molar-refractivity contribution in [3.63, 3.8) is 0 Å². The molecule has 0 aliphatic carbocycles. The predicted molar refractivity (Wildman–Crippen MR) is 318 cm³/mol. The number of aromatic amines is 1. The topological polar surface area (TPSA) is 186 Å². The number of hydrogen-bond donors (Lipinski definition) is 1. The van der Waals surface area contributed by atoms with Crippen molar-refractivity contribution in [2.75, 3.05) is 6.61 Å². The van der Waals surface area contributed by atoms with Crippen LogP contribution in [0.2, 0.25) is 0 Å². The Balaban J connectivity index is 2.06. The third-order valence-corrected chi connectivity index (χ3v) is 15.5. The number of nitrogens with one attached hydrogen (secondary N) is 1.